The van der Waals surface area contributed by atoms with Gasteiger partial charge in [-0.25, -0.2) is 9.97 Å². The smallest absolute Gasteiger partial charge is 0.226 e. The fourth-order valence-corrected chi connectivity index (χ4v) is 4.53. The number of carbonyl (C=O) groups excluding carboxylic acids is 1. The van der Waals surface area contributed by atoms with Crippen LogP contribution in [0.2, 0.25) is 0 Å². The quantitative estimate of drug-likeness (QED) is 0.838. The van der Waals surface area contributed by atoms with Crippen LogP contribution in [0.5, 0.6) is 0 Å². The van der Waals surface area contributed by atoms with Crippen molar-refractivity contribution in [3.05, 3.63) is 18.1 Å². The second-order valence-corrected chi connectivity index (χ2v) is 7.76. The molecule has 0 N–H and O–H groups in total. The number of ether oxygens (including phenoxy) is 1. The molecule has 0 bridgehead atoms. The minimum Gasteiger partial charge on any atom is -0.377 e. The van der Waals surface area contributed by atoms with Crippen molar-refractivity contribution in [2.24, 2.45) is 11.3 Å². The molecular formula is C19H28N4O2. The first-order valence-corrected chi connectivity index (χ1v) is 9.56. The number of anilines is 1. The zero-order valence-electron chi connectivity index (χ0n) is 15.1. The van der Waals surface area contributed by atoms with E-state index in [0.717, 1.165) is 57.1 Å². The molecule has 6 heteroatoms. The fourth-order valence-electron chi connectivity index (χ4n) is 4.53. The molecule has 6 nitrogen and oxygen atoms in total. The lowest BCUT2D eigenvalue weighted by Gasteiger charge is -2.34. The number of amides is 1. The number of hydrogen-bond acceptors (Lipinski definition) is 5. The average molecular weight is 344 g/mol. The van der Waals surface area contributed by atoms with Crippen LogP contribution in [0.15, 0.2) is 12.3 Å². The first-order valence-electron chi connectivity index (χ1n) is 9.56. The van der Waals surface area contributed by atoms with E-state index in [1.54, 1.807) is 13.3 Å². The van der Waals surface area contributed by atoms with Crippen molar-refractivity contribution in [1.29, 1.82) is 0 Å². The normalized spacial score (nSPS) is 25.2. The average Bonchev–Trinajstić information content (AvgIpc) is 3.36. The molecule has 2 aliphatic heterocycles. The van der Waals surface area contributed by atoms with Gasteiger partial charge in [0.15, 0.2) is 5.82 Å². The highest BCUT2D eigenvalue weighted by Crippen LogP contribution is 2.60. The van der Waals surface area contributed by atoms with Gasteiger partial charge in [-0.3, -0.25) is 4.79 Å². The molecule has 3 aliphatic rings. The molecule has 0 aromatic carbocycles. The SMILES string of the molecule is COCc1nccc(N2CCC3(CC2)CC3C(=O)N2CCCCC2)n1. The zero-order valence-corrected chi connectivity index (χ0v) is 15.1. The van der Waals surface area contributed by atoms with E-state index in [1.165, 1.54) is 19.3 Å². The van der Waals surface area contributed by atoms with Gasteiger partial charge in [0, 0.05) is 45.4 Å². The Labute approximate surface area is 149 Å². The summed E-state index contributed by atoms with van der Waals surface area (Å²) >= 11 is 0. The van der Waals surface area contributed by atoms with Gasteiger partial charge in [0.1, 0.15) is 12.4 Å². The van der Waals surface area contributed by atoms with Crippen LogP contribution in [-0.4, -0.2) is 54.1 Å². The second kappa shape index (κ2) is 6.90. The summed E-state index contributed by atoms with van der Waals surface area (Å²) < 4.78 is 5.13. The maximum Gasteiger partial charge on any atom is 0.226 e. The van der Waals surface area contributed by atoms with E-state index >= 15 is 0 Å². The van der Waals surface area contributed by atoms with Crippen LogP contribution in [0.25, 0.3) is 0 Å². The summed E-state index contributed by atoms with van der Waals surface area (Å²) in [5, 5.41) is 0. The number of likely N-dealkylation sites (tertiary alicyclic amines) is 1. The van der Waals surface area contributed by atoms with Crippen molar-refractivity contribution in [2.45, 2.75) is 45.1 Å². The minimum atomic E-state index is 0.271. The monoisotopic (exact) mass is 344 g/mol. The van der Waals surface area contributed by atoms with Crippen molar-refractivity contribution in [1.82, 2.24) is 14.9 Å². The van der Waals surface area contributed by atoms with E-state index in [9.17, 15) is 4.79 Å². The molecule has 0 radical (unpaired) electrons. The summed E-state index contributed by atoms with van der Waals surface area (Å²) in [4.78, 5) is 26.1. The maximum atomic E-state index is 12.8. The number of piperidine rings is 2. The maximum absolute atomic E-state index is 12.8. The third-order valence-electron chi connectivity index (χ3n) is 6.20. The third-order valence-corrected chi connectivity index (χ3v) is 6.20. The molecule has 136 valence electrons. The van der Waals surface area contributed by atoms with Crippen LogP contribution in [0.4, 0.5) is 5.82 Å². The van der Waals surface area contributed by atoms with E-state index in [0.29, 0.717) is 12.5 Å². The molecule has 25 heavy (non-hydrogen) atoms. The van der Waals surface area contributed by atoms with Crippen LogP contribution in [0, 0.1) is 11.3 Å². The Morgan fingerprint density at radius 3 is 2.72 bits per heavy atom. The van der Waals surface area contributed by atoms with Crippen molar-refractivity contribution < 1.29 is 9.53 Å². The summed E-state index contributed by atoms with van der Waals surface area (Å²) in [6.45, 7) is 4.35. The summed E-state index contributed by atoms with van der Waals surface area (Å²) in [5.41, 5.74) is 0.271. The third kappa shape index (κ3) is 3.36. The Kier molecular flexibility index (Phi) is 4.63. The largest absolute Gasteiger partial charge is 0.377 e. The highest BCUT2D eigenvalue weighted by atomic mass is 16.5. The van der Waals surface area contributed by atoms with Crippen LogP contribution in [-0.2, 0) is 16.1 Å². The number of carbonyl (C=O) groups is 1. The molecule has 1 atom stereocenters. The lowest BCUT2D eigenvalue weighted by molar-refractivity contribution is -0.134. The molecule has 3 fully saturated rings. The lowest BCUT2D eigenvalue weighted by atomic mass is 9.90. The van der Waals surface area contributed by atoms with Gasteiger partial charge in [-0.15, -0.1) is 0 Å². The van der Waals surface area contributed by atoms with E-state index in [4.69, 9.17) is 4.74 Å². The molecule has 1 aromatic heterocycles. The highest BCUT2D eigenvalue weighted by Gasteiger charge is 2.59. The van der Waals surface area contributed by atoms with Crippen molar-refractivity contribution in [3.8, 4) is 0 Å². The fraction of sp³-hybridized carbons (Fsp3) is 0.737. The number of rotatable bonds is 4. The lowest BCUT2D eigenvalue weighted by Crippen LogP contribution is -2.40. The summed E-state index contributed by atoms with van der Waals surface area (Å²) in [6, 6.07) is 1.97. The Bertz CT molecular complexity index is 622. The van der Waals surface area contributed by atoms with Gasteiger partial charge in [0.2, 0.25) is 5.91 Å². The number of aromatic nitrogens is 2. The molecule has 1 spiro atoms. The van der Waals surface area contributed by atoms with E-state index in [-0.39, 0.29) is 11.3 Å². The van der Waals surface area contributed by atoms with Gasteiger partial charge >= 0.3 is 0 Å². The van der Waals surface area contributed by atoms with Gasteiger partial charge in [0.25, 0.3) is 0 Å². The first kappa shape index (κ1) is 16.8. The highest BCUT2D eigenvalue weighted by molar-refractivity contribution is 5.83. The van der Waals surface area contributed by atoms with E-state index < -0.39 is 0 Å². The number of nitrogens with zero attached hydrogens (tertiary/aromatic N) is 4. The molecule has 1 saturated carbocycles. The molecule has 1 aliphatic carbocycles. The van der Waals surface area contributed by atoms with Gasteiger partial charge < -0.3 is 14.5 Å². The van der Waals surface area contributed by atoms with E-state index in [1.807, 2.05) is 6.07 Å². The topological polar surface area (TPSA) is 58.6 Å². The van der Waals surface area contributed by atoms with Gasteiger partial charge in [0.05, 0.1) is 0 Å². The second-order valence-electron chi connectivity index (χ2n) is 7.76. The Morgan fingerprint density at radius 1 is 1.24 bits per heavy atom. The van der Waals surface area contributed by atoms with Crippen LogP contribution < -0.4 is 4.90 Å². The predicted molar refractivity (Wildman–Crippen MR) is 95.2 cm³/mol. The van der Waals surface area contributed by atoms with Crippen molar-refractivity contribution >= 4 is 11.7 Å². The summed E-state index contributed by atoms with van der Waals surface area (Å²) in [6.07, 6.45) is 8.73. The van der Waals surface area contributed by atoms with Crippen LogP contribution in [0.3, 0.4) is 0 Å². The Balaban J connectivity index is 1.34. The standard InChI is InChI=1S/C19H28N4O2/c1-25-14-16-20-8-5-17(21-16)22-11-6-19(7-12-22)13-15(19)18(24)23-9-3-2-4-10-23/h5,8,15H,2-4,6-7,9-14H2,1H3. The number of hydrogen-bond donors (Lipinski definition) is 0. The molecular weight excluding hydrogens is 316 g/mol. The molecule has 2 saturated heterocycles. The molecule has 1 amide bonds. The Morgan fingerprint density at radius 2 is 2.00 bits per heavy atom. The Hall–Kier alpha value is -1.69. The molecule has 4 rings (SSSR count). The van der Waals surface area contributed by atoms with Crippen molar-refractivity contribution in [3.63, 3.8) is 0 Å². The van der Waals surface area contributed by atoms with Crippen LogP contribution >= 0.6 is 0 Å². The molecule has 1 unspecified atom stereocenters. The van der Waals surface area contributed by atoms with Crippen molar-refractivity contribution in [2.75, 3.05) is 38.2 Å². The summed E-state index contributed by atoms with van der Waals surface area (Å²) in [5.74, 6) is 2.42. The van der Waals surface area contributed by atoms with E-state index in [2.05, 4.69) is 19.8 Å². The molecule has 3 heterocycles. The zero-order chi connectivity index (χ0) is 17.3. The minimum absolute atomic E-state index is 0.271. The number of methoxy groups -OCH3 is 1. The van der Waals surface area contributed by atoms with Gasteiger partial charge in [-0.05, 0) is 50.0 Å². The van der Waals surface area contributed by atoms with Gasteiger partial charge in [-0.2, -0.15) is 0 Å². The predicted octanol–water partition coefficient (Wildman–Crippen LogP) is 2.24. The van der Waals surface area contributed by atoms with Gasteiger partial charge in [-0.1, -0.05) is 0 Å². The molecule has 1 aromatic rings. The summed E-state index contributed by atoms with van der Waals surface area (Å²) in [7, 11) is 1.66. The first-order chi connectivity index (χ1) is 12.2. The van der Waals surface area contributed by atoms with Crippen LogP contribution in [0.1, 0.15) is 44.3 Å².